The van der Waals surface area contributed by atoms with Crippen molar-refractivity contribution in [1.82, 2.24) is 5.32 Å². The Morgan fingerprint density at radius 2 is 2.06 bits per heavy atom. The van der Waals surface area contributed by atoms with Gasteiger partial charge < -0.3 is 10.4 Å². The summed E-state index contributed by atoms with van der Waals surface area (Å²) in [5.74, 6) is 0.244. The van der Waals surface area contributed by atoms with Crippen molar-refractivity contribution in [2.75, 3.05) is 6.61 Å². The van der Waals surface area contributed by atoms with Crippen molar-refractivity contribution >= 4 is 5.91 Å². The van der Waals surface area contributed by atoms with Crippen LogP contribution < -0.4 is 5.32 Å². The number of carbonyl (C=O) groups is 1. The molecule has 1 aliphatic rings. The first-order chi connectivity index (χ1) is 8.74. The van der Waals surface area contributed by atoms with Gasteiger partial charge in [0.1, 0.15) is 0 Å². The lowest BCUT2D eigenvalue weighted by atomic mass is 9.84. The number of carbonyl (C=O) groups excluding carboxylic acids is 1. The lowest BCUT2D eigenvalue weighted by molar-refractivity contribution is -0.128. The monoisotopic (exact) mass is 247 g/mol. The van der Waals surface area contributed by atoms with E-state index in [0.717, 1.165) is 31.2 Å². The number of amides is 1. The van der Waals surface area contributed by atoms with Gasteiger partial charge in [-0.2, -0.15) is 0 Å². The summed E-state index contributed by atoms with van der Waals surface area (Å²) in [5.41, 5.74) is 2.24. The number of nitrogens with one attached hydrogen (secondary N) is 1. The highest BCUT2D eigenvalue weighted by molar-refractivity contribution is 5.79. The lowest BCUT2D eigenvalue weighted by Gasteiger charge is -2.27. The molecule has 0 aromatic heterocycles. The molecule has 1 atom stereocenters. The summed E-state index contributed by atoms with van der Waals surface area (Å²) in [6.07, 6.45) is 4.11. The Bertz CT molecular complexity index is 395. The molecule has 1 amide bonds. The second-order valence-electron chi connectivity index (χ2n) is 4.97. The summed E-state index contributed by atoms with van der Waals surface area (Å²) < 4.78 is 0. The molecule has 98 valence electrons. The average Bonchev–Trinajstić information content (AvgIpc) is 2.34. The smallest absolute Gasteiger partial charge is 0.223 e. The van der Waals surface area contributed by atoms with Crippen molar-refractivity contribution in [1.29, 1.82) is 0 Å². The third-order valence-corrected chi connectivity index (χ3v) is 3.77. The summed E-state index contributed by atoms with van der Waals surface area (Å²) in [7, 11) is 0. The Morgan fingerprint density at radius 3 is 2.50 bits per heavy atom. The number of hydrogen-bond donors (Lipinski definition) is 2. The quantitative estimate of drug-likeness (QED) is 0.838. The molecule has 1 aromatic rings. The maximum absolute atomic E-state index is 11.9. The zero-order chi connectivity index (χ0) is 13.0. The molecule has 1 saturated carbocycles. The third-order valence-electron chi connectivity index (χ3n) is 3.77. The molecule has 0 bridgehead atoms. The van der Waals surface area contributed by atoms with Crippen molar-refractivity contribution in [3.8, 4) is 0 Å². The molecule has 0 saturated heterocycles. The fraction of sp³-hybridized carbons (Fsp3) is 0.533. The van der Waals surface area contributed by atoms with E-state index in [4.69, 9.17) is 0 Å². The van der Waals surface area contributed by atoms with E-state index >= 15 is 0 Å². The van der Waals surface area contributed by atoms with Gasteiger partial charge in [0.05, 0.1) is 12.6 Å². The highest BCUT2D eigenvalue weighted by Gasteiger charge is 2.27. The van der Waals surface area contributed by atoms with Crippen LogP contribution in [0.4, 0.5) is 0 Å². The van der Waals surface area contributed by atoms with Crippen molar-refractivity contribution in [3.05, 3.63) is 35.4 Å². The summed E-state index contributed by atoms with van der Waals surface area (Å²) in [5, 5.41) is 12.3. The first kappa shape index (κ1) is 13.1. The molecule has 3 nitrogen and oxygen atoms in total. The normalized spacial score (nSPS) is 17.0. The largest absolute Gasteiger partial charge is 0.394 e. The van der Waals surface area contributed by atoms with Crippen molar-refractivity contribution in [2.24, 2.45) is 5.92 Å². The van der Waals surface area contributed by atoms with Gasteiger partial charge in [-0.25, -0.2) is 0 Å². The first-order valence-electron chi connectivity index (χ1n) is 6.74. The van der Waals surface area contributed by atoms with Crippen LogP contribution in [0.2, 0.25) is 0 Å². The van der Waals surface area contributed by atoms with Gasteiger partial charge in [-0.15, -0.1) is 0 Å². The predicted octanol–water partition coefficient (Wildman–Crippen LogP) is 2.20. The van der Waals surface area contributed by atoms with Crippen molar-refractivity contribution in [2.45, 2.75) is 38.6 Å². The van der Waals surface area contributed by atoms with Gasteiger partial charge in [0, 0.05) is 5.92 Å². The Morgan fingerprint density at radius 1 is 1.39 bits per heavy atom. The summed E-state index contributed by atoms with van der Waals surface area (Å²) in [4.78, 5) is 11.9. The molecule has 0 heterocycles. The van der Waals surface area contributed by atoms with E-state index in [2.05, 4.69) is 12.2 Å². The van der Waals surface area contributed by atoms with Crippen LogP contribution in [0.5, 0.6) is 0 Å². The number of rotatable bonds is 5. The fourth-order valence-electron chi connectivity index (χ4n) is 2.18. The summed E-state index contributed by atoms with van der Waals surface area (Å²) in [6.45, 7) is 2.06. The number of aryl methyl sites for hydroxylation is 1. The summed E-state index contributed by atoms with van der Waals surface area (Å²) in [6, 6.07) is 7.80. The van der Waals surface area contributed by atoms with Gasteiger partial charge >= 0.3 is 0 Å². The van der Waals surface area contributed by atoms with Crippen LogP contribution in [0.15, 0.2) is 24.3 Å². The van der Waals surface area contributed by atoms with Crippen molar-refractivity contribution in [3.63, 3.8) is 0 Å². The molecule has 2 rings (SSSR count). The van der Waals surface area contributed by atoms with Crippen LogP contribution in [-0.2, 0) is 11.2 Å². The Hall–Kier alpha value is -1.35. The highest BCUT2D eigenvalue weighted by atomic mass is 16.3. The molecule has 0 radical (unpaired) electrons. The van der Waals surface area contributed by atoms with Gasteiger partial charge in [0.25, 0.3) is 0 Å². The molecule has 1 aliphatic carbocycles. The van der Waals surface area contributed by atoms with E-state index in [0.29, 0.717) is 0 Å². The minimum Gasteiger partial charge on any atom is -0.394 e. The second-order valence-corrected chi connectivity index (χ2v) is 4.97. The first-order valence-corrected chi connectivity index (χ1v) is 6.74. The fourth-order valence-corrected chi connectivity index (χ4v) is 2.18. The van der Waals surface area contributed by atoms with Gasteiger partial charge in [-0.05, 0) is 30.4 Å². The Labute approximate surface area is 108 Å². The summed E-state index contributed by atoms with van der Waals surface area (Å²) >= 11 is 0. The molecule has 18 heavy (non-hydrogen) atoms. The lowest BCUT2D eigenvalue weighted by Crippen LogP contribution is -2.38. The standard InChI is InChI=1S/C15H21NO2/c1-2-11-6-8-12(9-7-11)14(10-17)16-15(18)13-4-3-5-13/h6-9,13-14,17H,2-5,10H2,1H3,(H,16,18). The molecule has 0 aliphatic heterocycles. The minimum atomic E-state index is -0.274. The third kappa shape index (κ3) is 2.91. The topological polar surface area (TPSA) is 49.3 Å². The van der Waals surface area contributed by atoms with E-state index in [1.807, 2.05) is 24.3 Å². The van der Waals surface area contributed by atoms with Crippen LogP contribution in [0.25, 0.3) is 0 Å². The Kier molecular flexibility index (Phi) is 4.37. The van der Waals surface area contributed by atoms with E-state index in [1.54, 1.807) is 0 Å². The van der Waals surface area contributed by atoms with Crippen LogP contribution in [0.3, 0.4) is 0 Å². The van der Waals surface area contributed by atoms with Gasteiger partial charge in [-0.3, -0.25) is 4.79 Å². The van der Waals surface area contributed by atoms with Crippen LogP contribution in [0.1, 0.15) is 43.4 Å². The highest BCUT2D eigenvalue weighted by Crippen LogP contribution is 2.27. The van der Waals surface area contributed by atoms with E-state index in [1.165, 1.54) is 5.56 Å². The maximum atomic E-state index is 11.9. The van der Waals surface area contributed by atoms with Crippen LogP contribution in [-0.4, -0.2) is 17.6 Å². The van der Waals surface area contributed by atoms with Crippen LogP contribution in [0, 0.1) is 5.92 Å². The second kappa shape index (κ2) is 6.01. The minimum absolute atomic E-state index is 0.0517. The number of aliphatic hydroxyl groups is 1. The van der Waals surface area contributed by atoms with Crippen molar-refractivity contribution < 1.29 is 9.90 Å². The Balaban J connectivity index is 2.00. The van der Waals surface area contributed by atoms with Gasteiger partial charge in [-0.1, -0.05) is 37.6 Å². The molecule has 2 N–H and O–H groups in total. The number of benzene rings is 1. The zero-order valence-electron chi connectivity index (χ0n) is 10.9. The number of aliphatic hydroxyl groups excluding tert-OH is 1. The molecule has 1 fully saturated rings. The zero-order valence-corrected chi connectivity index (χ0v) is 10.9. The van der Waals surface area contributed by atoms with Crippen LogP contribution >= 0.6 is 0 Å². The maximum Gasteiger partial charge on any atom is 0.223 e. The molecule has 3 heteroatoms. The molecular formula is C15H21NO2. The van der Waals surface area contributed by atoms with Gasteiger partial charge in [0.2, 0.25) is 5.91 Å². The molecule has 1 aromatic carbocycles. The molecule has 1 unspecified atom stereocenters. The predicted molar refractivity (Wildman–Crippen MR) is 71.1 cm³/mol. The number of hydrogen-bond acceptors (Lipinski definition) is 2. The molecule has 0 spiro atoms. The molecular weight excluding hydrogens is 226 g/mol. The average molecular weight is 247 g/mol. The van der Waals surface area contributed by atoms with E-state index in [9.17, 15) is 9.90 Å². The SMILES string of the molecule is CCc1ccc(C(CO)NC(=O)C2CCC2)cc1. The van der Waals surface area contributed by atoms with E-state index < -0.39 is 0 Å². The van der Waals surface area contributed by atoms with Gasteiger partial charge in [0.15, 0.2) is 0 Å². The van der Waals surface area contributed by atoms with E-state index in [-0.39, 0.29) is 24.5 Å².